The third kappa shape index (κ3) is 2.34. The summed E-state index contributed by atoms with van der Waals surface area (Å²) in [7, 11) is 1.53. The van der Waals surface area contributed by atoms with Gasteiger partial charge in [-0.15, -0.1) is 0 Å². The van der Waals surface area contributed by atoms with Gasteiger partial charge in [0.05, 0.1) is 19.4 Å². The standard InChI is InChI=1S/C13H14N2O3/c1-3-18-13(16)11-9-12(17-2)15(14-11)10-7-5-4-6-8-10/h4-9H,3H2,1-2H3. The molecule has 1 aromatic carbocycles. The van der Waals surface area contributed by atoms with Crippen LogP contribution >= 0.6 is 0 Å². The minimum absolute atomic E-state index is 0.234. The number of esters is 1. The molecule has 0 N–H and O–H groups in total. The Hall–Kier alpha value is -2.30. The molecular formula is C13H14N2O3. The van der Waals surface area contributed by atoms with Crippen LogP contribution in [0.25, 0.3) is 5.69 Å². The second kappa shape index (κ2) is 5.35. The number of benzene rings is 1. The minimum Gasteiger partial charge on any atom is -0.481 e. The summed E-state index contributed by atoms with van der Waals surface area (Å²) in [6.07, 6.45) is 0. The molecule has 5 nitrogen and oxygen atoms in total. The van der Waals surface area contributed by atoms with E-state index in [2.05, 4.69) is 5.10 Å². The van der Waals surface area contributed by atoms with Crippen LogP contribution in [-0.4, -0.2) is 29.5 Å². The van der Waals surface area contributed by atoms with E-state index in [0.29, 0.717) is 12.5 Å². The lowest BCUT2D eigenvalue weighted by Gasteiger charge is -2.04. The molecule has 0 unspecified atom stereocenters. The molecule has 5 heteroatoms. The van der Waals surface area contributed by atoms with E-state index in [-0.39, 0.29) is 5.69 Å². The van der Waals surface area contributed by atoms with Crippen LogP contribution < -0.4 is 4.74 Å². The summed E-state index contributed by atoms with van der Waals surface area (Å²) in [4.78, 5) is 11.6. The fourth-order valence-corrected chi connectivity index (χ4v) is 1.57. The number of hydrogen-bond donors (Lipinski definition) is 0. The molecule has 0 saturated carbocycles. The van der Waals surface area contributed by atoms with Crippen molar-refractivity contribution in [1.29, 1.82) is 0 Å². The molecule has 2 rings (SSSR count). The van der Waals surface area contributed by atoms with Crippen molar-refractivity contribution >= 4 is 5.97 Å². The number of rotatable bonds is 4. The predicted molar refractivity (Wildman–Crippen MR) is 66.1 cm³/mol. The van der Waals surface area contributed by atoms with E-state index in [4.69, 9.17) is 9.47 Å². The van der Waals surface area contributed by atoms with E-state index in [1.54, 1.807) is 17.7 Å². The molecule has 0 aliphatic heterocycles. The SMILES string of the molecule is CCOC(=O)c1cc(OC)n(-c2ccccc2)n1. The van der Waals surface area contributed by atoms with E-state index in [1.807, 2.05) is 30.3 Å². The summed E-state index contributed by atoms with van der Waals surface area (Å²) in [5.41, 5.74) is 1.06. The lowest BCUT2D eigenvalue weighted by Crippen LogP contribution is -2.06. The largest absolute Gasteiger partial charge is 0.481 e. The van der Waals surface area contributed by atoms with Crippen LogP contribution in [0.15, 0.2) is 36.4 Å². The Morgan fingerprint density at radius 1 is 1.33 bits per heavy atom. The molecular weight excluding hydrogens is 232 g/mol. The Morgan fingerprint density at radius 3 is 2.67 bits per heavy atom. The Kier molecular flexibility index (Phi) is 3.62. The van der Waals surface area contributed by atoms with Crippen molar-refractivity contribution in [3.05, 3.63) is 42.1 Å². The van der Waals surface area contributed by atoms with Crippen molar-refractivity contribution in [1.82, 2.24) is 9.78 Å². The molecule has 0 aliphatic carbocycles. The van der Waals surface area contributed by atoms with Crippen molar-refractivity contribution in [3.63, 3.8) is 0 Å². The first-order chi connectivity index (χ1) is 8.76. The number of aromatic nitrogens is 2. The Morgan fingerprint density at radius 2 is 2.06 bits per heavy atom. The highest BCUT2D eigenvalue weighted by Gasteiger charge is 2.16. The van der Waals surface area contributed by atoms with E-state index >= 15 is 0 Å². The fraction of sp³-hybridized carbons (Fsp3) is 0.231. The Labute approximate surface area is 105 Å². The van der Waals surface area contributed by atoms with Gasteiger partial charge in [-0.05, 0) is 19.1 Å². The van der Waals surface area contributed by atoms with Gasteiger partial charge in [0.25, 0.3) is 0 Å². The number of nitrogens with zero attached hydrogens (tertiary/aromatic N) is 2. The molecule has 0 saturated heterocycles. The summed E-state index contributed by atoms with van der Waals surface area (Å²) in [5.74, 6) is 0.0368. The predicted octanol–water partition coefficient (Wildman–Crippen LogP) is 2.06. The zero-order chi connectivity index (χ0) is 13.0. The number of carbonyl (C=O) groups is 1. The molecule has 18 heavy (non-hydrogen) atoms. The monoisotopic (exact) mass is 246 g/mol. The molecule has 1 heterocycles. The highest BCUT2D eigenvalue weighted by atomic mass is 16.5. The summed E-state index contributed by atoms with van der Waals surface area (Å²) >= 11 is 0. The first-order valence-corrected chi connectivity index (χ1v) is 5.63. The molecule has 0 aliphatic rings. The molecule has 0 radical (unpaired) electrons. The van der Waals surface area contributed by atoms with E-state index in [1.165, 1.54) is 7.11 Å². The van der Waals surface area contributed by atoms with Gasteiger partial charge in [0.1, 0.15) is 0 Å². The molecule has 0 fully saturated rings. The summed E-state index contributed by atoms with van der Waals surface area (Å²) in [5, 5.41) is 4.19. The maximum atomic E-state index is 11.6. The second-order valence-corrected chi connectivity index (χ2v) is 3.54. The second-order valence-electron chi connectivity index (χ2n) is 3.54. The van der Waals surface area contributed by atoms with Gasteiger partial charge in [-0.1, -0.05) is 18.2 Å². The minimum atomic E-state index is -0.453. The zero-order valence-corrected chi connectivity index (χ0v) is 10.3. The van der Waals surface area contributed by atoms with Gasteiger partial charge < -0.3 is 9.47 Å². The smallest absolute Gasteiger partial charge is 0.358 e. The molecule has 94 valence electrons. The maximum Gasteiger partial charge on any atom is 0.358 e. The van der Waals surface area contributed by atoms with E-state index in [9.17, 15) is 4.79 Å². The summed E-state index contributed by atoms with van der Waals surface area (Å²) < 4.78 is 11.7. The number of hydrogen-bond acceptors (Lipinski definition) is 4. The average Bonchev–Trinajstić information content (AvgIpc) is 2.84. The first-order valence-electron chi connectivity index (χ1n) is 5.63. The lowest BCUT2D eigenvalue weighted by molar-refractivity contribution is 0.0519. The fourth-order valence-electron chi connectivity index (χ4n) is 1.57. The van der Waals surface area contributed by atoms with Crippen LogP contribution in [0.5, 0.6) is 5.88 Å². The average molecular weight is 246 g/mol. The van der Waals surface area contributed by atoms with Gasteiger partial charge in [0, 0.05) is 6.07 Å². The van der Waals surface area contributed by atoms with Gasteiger partial charge in [-0.25, -0.2) is 9.48 Å². The van der Waals surface area contributed by atoms with Crippen LogP contribution in [0.1, 0.15) is 17.4 Å². The topological polar surface area (TPSA) is 53.4 Å². The van der Waals surface area contributed by atoms with Crippen molar-refractivity contribution in [2.24, 2.45) is 0 Å². The molecule has 2 aromatic rings. The summed E-state index contributed by atoms with van der Waals surface area (Å²) in [6.45, 7) is 2.07. The van der Waals surface area contributed by atoms with Crippen LogP contribution in [0, 0.1) is 0 Å². The quantitative estimate of drug-likeness (QED) is 0.775. The van der Waals surface area contributed by atoms with Crippen molar-refractivity contribution < 1.29 is 14.3 Å². The number of carbonyl (C=O) groups excluding carboxylic acids is 1. The molecule has 0 spiro atoms. The number of methoxy groups -OCH3 is 1. The van der Waals surface area contributed by atoms with Crippen LogP contribution in [-0.2, 0) is 4.74 Å². The van der Waals surface area contributed by atoms with Gasteiger partial charge in [-0.3, -0.25) is 0 Å². The van der Waals surface area contributed by atoms with Gasteiger partial charge >= 0.3 is 5.97 Å². The normalized spacial score (nSPS) is 10.1. The maximum absolute atomic E-state index is 11.6. The summed E-state index contributed by atoms with van der Waals surface area (Å²) in [6, 6.07) is 11.0. The number of para-hydroxylation sites is 1. The van der Waals surface area contributed by atoms with Gasteiger partial charge in [0.15, 0.2) is 5.69 Å². The van der Waals surface area contributed by atoms with Crippen LogP contribution in [0.3, 0.4) is 0 Å². The van der Waals surface area contributed by atoms with Crippen molar-refractivity contribution in [3.8, 4) is 11.6 Å². The van der Waals surface area contributed by atoms with Crippen LogP contribution in [0.4, 0.5) is 0 Å². The molecule has 0 amide bonds. The van der Waals surface area contributed by atoms with Crippen molar-refractivity contribution in [2.75, 3.05) is 13.7 Å². The highest BCUT2D eigenvalue weighted by molar-refractivity contribution is 5.87. The van der Waals surface area contributed by atoms with Crippen LogP contribution in [0.2, 0.25) is 0 Å². The van der Waals surface area contributed by atoms with E-state index < -0.39 is 5.97 Å². The highest BCUT2D eigenvalue weighted by Crippen LogP contribution is 2.19. The van der Waals surface area contributed by atoms with Gasteiger partial charge in [-0.2, -0.15) is 5.10 Å². The molecule has 0 bridgehead atoms. The number of ether oxygens (including phenoxy) is 2. The van der Waals surface area contributed by atoms with E-state index in [0.717, 1.165) is 5.69 Å². The van der Waals surface area contributed by atoms with Gasteiger partial charge in [0.2, 0.25) is 5.88 Å². The van der Waals surface area contributed by atoms with Crippen molar-refractivity contribution in [2.45, 2.75) is 6.92 Å². The lowest BCUT2D eigenvalue weighted by atomic mass is 10.3. The first kappa shape index (κ1) is 12.2. The molecule has 1 aromatic heterocycles. The third-order valence-electron chi connectivity index (χ3n) is 2.37. The molecule has 0 atom stereocenters. The Bertz CT molecular complexity index is 534. The Balaban J connectivity index is 2.39. The zero-order valence-electron chi connectivity index (χ0n) is 10.3. The third-order valence-corrected chi connectivity index (χ3v) is 2.37.